The molecule has 0 spiro atoms. The molecule has 4 rings (SSSR count). The van der Waals surface area contributed by atoms with Gasteiger partial charge >= 0.3 is 6.09 Å². The zero-order valence-corrected chi connectivity index (χ0v) is 23.1. The van der Waals surface area contributed by atoms with E-state index in [0.717, 1.165) is 16.7 Å². The second-order valence-corrected chi connectivity index (χ2v) is 13.9. The van der Waals surface area contributed by atoms with Crippen LogP contribution in [-0.2, 0) is 32.3 Å². The van der Waals surface area contributed by atoms with Gasteiger partial charge in [-0.05, 0) is 38.8 Å². The number of ether oxygens (including phenoxy) is 1. The molecular weight excluding hydrogens is 510 g/mol. The van der Waals surface area contributed by atoms with Crippen LogP contribution >= 0.6 is 11.8 Å². The fraction of sp³-hybridized carbons (Fsp3) is 0.444. The van der Waals surface area contributed by atoms with E-state index >= 15 is 0 Å². The summed E-state index contributed by atoms with van der Waals surface area (Å²) < 4.78 is 30.1. The lowest BCUT2D eigenvalue weighted by Crippen LogP contribution is -2.45. The van der Waals surface area contributed by atoms with Gasteiger partial charge in [-0.15, -0.1) is 0 Å². The summed E-state index contributed by atoms with van der Waals surface area (Å²) >= 11 is 1.33. The zero-order chi connectivity index (χ0) is 26.8. The molecule has 0 saturated carbocycles. The average molecular weight is 544 g/mol. The summed E-state index contributed by atoms with van der Waals surface area (Å²) in [5.41, 5.74) is 2.28. The van der Waals surface area contributed by atoms with Crippen LogP contribution in [0.25, 0.3) is 0 Å². The van der Waals surface area contributed by atoms with E-state index < -0.39 is 33.5 Å². The molecule has 3 unspecified atom stereocenters. The number of hydrogen-bond acceptors (Lipinski definition) is 6. The molecule has 2 aromatic rings. The average Bonchev–Trinajstić information content (AvgIpc) is 3.25. The van der Waals surface area contributed by atoms with Gasteiger partial charge in [0.15, 0.2) is 15.0 Å². The number of amidine groups is 1. The fourth-order valence-corrected chi connectivity index (χ4v) is 8.34. The van der Waals surface area contributed by atoms with Crippen molar-refractivity contribution >= 4 is 38.8 Å². The predicted octanol–water partition coefficient (Wildman–Crippen LogP) is 3.73. The molecule has 37 heavy (non-hydrogen) atoms. The van der Waals surface area contributed by atoms with Crippen LogP contribution in [0, 0.1) is 6.92 Å². The number of benzene rings is 2. The van der Waals surface area contributed by atoms with Crippen LogP contribution in [0.5, 0.6) is 0 Å². The van der Waals surface area contributed by atoms with Crippen molar-refractivity contribution in [3.8, 4) is 0 Å². The maximum atomic E-state index is 13.5. The standard InChI is InChI=1S/C27H33N3O5S2/c1-18-10-12-20(13-11-18)15-30-22-16-37(33,34)17-23(22)36-25(30)29-24(31)21(14-19-8-6-5-7-9-19)28-26(32)35-27(2,3)4/h5-13,21-23H,14-17H2,1-4H3,(H,28,32). The number of alkyl carbamates (subject to hydrolysis) is 1. The van der Waals surface area contributed by atoms with E-state index in [1.54, 1.807) is 20.8 Å². The molecule has 2 heterocycles. The van der Waals surface area contributed by atoms with E-state index in [4.69, 9.17) is 4.74 Å². The van der Waals surface area contributed by atoms with Crippen molar-refractivity contribution in [2.75, 3.05) is 11.5 Å². The number of thioether (sulfide) groups is 1. The van der Waals surface area contributed by atoms with E-state index in [-0.39, 0.29) is 29.2 Å². The van der Waals surface area contributed by atoms with E-state index in [1.165, 1.54) is 11.8 Å². The lowest BCUT2D eigenvalue weighted by Gasteiger charge is -2.25. The molecule has 1 N–H and O–H groups in total. The van der Waals surface area contributed by atoms with Crippen molar-refractivity contribution in [1.29, 1.82) is 0 Å². The number of nitrogens with zero attached hydrogens (tertiary/aromatic N) is 2. The van der Waals surface area contributed by atoms with Gasteiger partial charge in [-0.2, -0.15) is 4.99 Å². The summed E-state index contributed by atoms with van der Waals surface area (Å²) in [5.74, 6) is -0.411. The maximum Gasteiger partial charge on any atom is 0.408 e. The number of hydrogen-bond donors (Lipinski definition) is 1. The maximum absolute atomic E-state index is 13.5. The molecule has 2 saturated heterocycles. The monoisotopic (exact) mass is 543 g/mol. The van der Waals surface area contributed by atoms with E-state index in [2.05, 4.69) is 10.3 Å². The molecule has 8 nitrogen and oxygen atoms in total. The molecule has 0 radical (unpaired) electrons. The van der Waals surface area contributed by atoms with Crippen molar-refractivity contribution in [2.45, 2.75) is 63.6 Å². The highest BCUT2D eigenvalue weighted by Crippen LogP contribution is 2.39. The lowest BCUT2D eigenvalue weighted by atomic mass is 10.1. The fourth-order valence-electron chi connectivity index (χ4n) is 4.38. The van der Waals surface area contributed by atoms with Gasteiger partial charge in [0.05, 0.1) is 17.5 Å². The van der Waals surface area contributed by atoms with Crippen LogP contribution < -0.4 is 5.32 Å². The minimum Gasteiger partial charge on any atom is -0.444 e. The molecule has 2 aliphatic rings. The van der Waals surface area contributed by atoms with Crippen LogP contribution in [0.15, 0.2) is 59.6 Å². The Balaban J connectivity index is 1.60. The second-order valence-electron chi connectivity index (χ2n) is 10.5. The van der Waals surface area contributed by atoms with Crippen molar-refractivity contribution in [1.82, 2.24) is 10.2 Å². The minimum atomic E-state index is -3.16. The van der Waals surface area contributed by atoms with Crippen LogP contribution in [0.4, 0.5) is 4.79 Å². The van der Waals surface area contributed by atoms with E-state index in [1.807, 2.05) is 66.4 Å². The topological polar surface area (TPSA) is 105 Å². The number of aliphatic imine (C=N–C) groups is 1. The smallest absolute Gasteiger partial charge is 0.408 e. The molecule has 10 heteroatoms. The SMILES string of the molecule is Cc1ccc(CN2C(=NC(=O)C(Cc3ccccc3)NC(=O)OC(C)(C)C)SC3CS(=O)(=O)CC32)cc1. The van der Waals surface area contributed by atoms with Gasteiger partial charge < -0.3 is 15.0 Å². The summed E-state index contributed by atoms with van der Waals surface area (Å²) in [4.78, 5) is 32.4. The lowest BCUT2D eigenvalue weighted by molar-refractivity contribution is -0.119. The first kappa shape index (κ1) is 27.2. The highest BCUT2D eigenvalue weighted by atomic mass is 32.2. The quantitative estimate of drug-likeness (QED) is 0.592. The highest BCUT2D eigenvalue weighted by molar-refractivity contribution is 8.15. The van der Waals surface area contributed by atoms with Gasteiger partial charge in [-0.1, -0.05) is 71.9 Å². The van der Waals surface area contributed by atoms with Crippen LogP contribution in [-0.4, -0.2) is 64.9 Å². The normalized spacial score (nSPS) is 22.5. The van der Waals surface area contributed by atoms with Crippen molar-refractivity contribution in [2.24, 2.45) is 4.99 Å². The van der Waals surface area contributed by atoms with Gasteiger partial charge in [0, 0.05) is 18.2 Å². The number of nitrogens with one attached hydrogen (secondary N) is 1. The van der Waals surface area contributed by atoms with Crippen LogP contribution in [0.1, 0.15) is 37.5 Å². The minimum absolute atomic E-state index is 0.0351. The van der Waals surface area contributed by atoms with Crippen molar-refractivity contribution in [3.05, 3.63) is 71.3 Å². The second kappa shape index (κ2) is 10.9. The molecule has 198 valence electrons. The number of aryl methyl sites for hydroxylation is 1. The Hall–Kier alpha value is -2.85. The Morgan fingerprint density at radius 1 is 1.08 bits per heavy atom. The zero-order valence-electron chi connectivity index (χ0n) is 21.5. The first-order valence-electron chi connectivity index (χ1n) is 12.2. The van der Waals surface area contributed by atoms with E-state index in [0.29, 0.717) is 11.7 Å². The van der Waals surface area contributed by atoms with Gasteiger partial charge in [-0.3, -0.25) is 4.79 Å². The largest absolute Gasteiger partial charge is 0.444 e. The van der Waals surface area contributed by atoms with Crippen LogP contribution in [0.2, 0.25) is 0 Å². The number of fused-ring (bicyclic) bond motifs is 1. The highest BCUT2D eigenvalue weighted by Gasteiger charge is 2.48. The molecule has 2 amide bonds. The molecule has 0 aromatic heterocycles. The number of sulfone groups is 1. The molecule has 2 aromatic carbocycles. The number of amides is 2. The first-order valence-corrected chi connectivity index (χ1v) is 14.9. The van der Waals surface area contributed by atoms with E-state index in [9.17, 15) is 18.0 Å². The summed E-state index contributed by atoms with van der Waals surface area (Å²) in [6.07, 6.45) is -0.444. The molecule has 0 aliphatic carbocycles. The third-order valence-electron chi connectivity index (χ3n) is 6.13. The summed E-state index contributed by atoms with van der Waals surface area (Å²) in [6.45, 7) is 7.72. The number of rotatable bonds is 6. The molecule has 2 aliphatic heterocycles. The number of carbonyl (C=O) groups excluding carboxylic acids is 2. The van der Waals surface area contributed by atoms with Gasteiger partial charge in [0.25, 0.3) is 5.91 Å². The third-order valence-corrected chi connectivity index (χ3v) is 9.37. The Kier molecular flexibility index (Phi) is 7.99. The van der Waals surface area contributed by atoms with Crippen LogP contribution in [0.3, 0.4) is 0 Å². The molecular formula is C27H33N3O5S2. The summed E-state index contributed by atoms with van der Waals surface area (Å²) in [6, 6.07) is 16.2. The Morgan fingerprint density at radius 3 is 2.41 bits per heavy atom. The Bertz CT molecular complexity index is 1270. The molecule has 3 atom stereocenters. The molecule has 2 fully saturated rings. The predicted molar refractivity (Wildman–Crippen MR) is 146 cm³/mol. The number of carbonyl (C=O) groups is 2. The Morgan fingerprint density at radius 2 is 1.76 bits per heavy atom. The molecule has 0 bridgehead atoms. The Labute approximate surface area is 222 Å². The third kappa shape index (κ3) is 7.35. The first-order chi connectivity index (χ1) is 17.4. The van der Waals surface area contributed by atoms with Gasteiger partial charge in [0.1, 0.15) is 11.6 Å². The van der Waals surface area contributed by atoms with Crippen molar-refractivity contribution in [3.63, 3.8) is 0 Å². The summed E-state index contributed by atoms with van der Waals surface area (Å²) in [5, 5.41) is 2.99. The van der Waals surface area contributed by atoms with Gasteiger partial charge in [0.2, 0.25) is 0 Å². The van der Waals surface area contributed by atoms with Crippen molar-refractivity contribution < 1.29 is 22.7 Å². The van der Waals surface area contributed by atoms with Gasteiger partial charge in [-0.25, -0.2) is 13.2 Å². The summed E-state index contributed by atoms with van der Waals surface area (Å²) in [7, 11) is -3.16.